The molecule has 0 aliphatic carbocycles. The molecule has 37 heavy (non-hydrogen) atoms. The Bertz CT molecular complexity index is 1130. The third-order valence-corrected chi connectivity index (χ3v) is 7.41. The SMILES string of the molecule is CCCN(CC(=O)N1CCc2sccc2[C@H]1COc1cccc(F)c1)C[C@H](O)COCc1ccccc1. The maximum absolute atomic E-state index is 13.6. The first-order valence-corrected chi connectivity index (χ1v) is 13.7. The van der Waals surface area contributed by atoms with Gasteiger partial charge < -0.3 is 19.5 Å². The van der Waals surface area contributed by atoms with Gasteiger partial charge in [-0.15, -0.1) is 11.3 Å². The number of nitrogens with zero attached hydrogens (tertiary/aromatic N) is 2. The van der Waals surface area contributed by atoms with Crippen molar-refractivity contribution in [2.45, 2.75) is 38.5 Å². The summed E-state index contributed by atoms with van der Waals surface area (Å²) in [4.78, 5) is 18.7. The molecule has 2 atom stereocenters. The van der Waals surface area contributed by atoms with Crippen LogP contribution in [0.25, 0.3) is 0 Å². The van der Waals surface area contributed by atoms with Crippen LogP contribution in [-0.4, -0.2) is 66.3 Å². The highest BCUT2D eigenvalue weighted by molar-refractivity contribution is 7.10. The minimum Gasteiger partial charge on any atom is -0.491 e. The maximum atomic E-state index is 13.6. The zero-order chi connectivity index (χ0) is 26.0. The van der Waals surface area contributed by atoms with Gasteiger partial charge in [-0.05, 0) is 54.1 Å². The Balaban J connectivity index is 1.35. The lowest BCUT2D eigenvalue weighted by Crippen LogP contribution is -2.48. The summed E-state index contributed by atoms with van der Waals surface area (Å²) >= 11 is 1.69. The molecule has 0 unspecified atom stereocenters. The number of benzene rings is 2. The van der Waals surface area contributed by atoms with Crippen molar-refractivity contribution in [3.05, 3.63) is 87.9 Å². The van der Waals surface area contributed by atoms with E-state index >= 15 is 0 Å². The van der Waals surface area contributed by atoms with Crippen molar-refractivity contribution in [1.82, 2.24) is 9.80 Å². The summed E-state index contributed by atoms with van der Waals surface area (Å²) in [5.74, 6) is 0.0864. The van der Waals surface area contributed by atoms with Crippen LogP contribution in [0.5, 0.6) is 5.75 Å². The first-order valence-electron chi connectivity index (χ1n) is 12.8. The van der Waals surface area contributed by atoms with Gasteiger partial charge in [0.05, 0.1) is 31.9 Å². The third-order valence-electron chi connectivity index (χ3n) is 6.41. The Morgan fingerprint density at radius 1 is 1.22 bits per heavy atom. The molecule has 1 aromatic heterocycles. The van der Waals surface area contributed by atoms with Gasteiger partial charge in [0, 0.05) is 24.0 Å². The smallest absolute Gasteiger partial charge is 0.237 e. The van der Waals surface area contributed by atoms with E-state index in [-0.39, 0.29) is 37.5 Å². The number of ether oxygens (including phenoxy) is 2. The predicted octanol–water partition coefficient (Wildman–Crippen LogP) is 4.68. The van der Waals surface area contributed by atoms with Crippen LogP contribution in [0.3, 0.4) is 0 Å². The van der Waals surface area contributed by atoms with Crippen LogP contribution < -0.4 is 4.74 Å². The minimum atomic E-state index is -0.694. The molecule has 4 rings (SSSR count). The Morgan fingerprint density at radius 3 is 2.84 bits per heavy atom. The van der Waals surface area contributed by atoms with Crippen molar-refractivity contribution in [1.29, 1.82) is 0 Å². The van der Waals surface area contributed by atoms with E-state index in [1.807, 2.05) is 45.5 Å². The van der Waals surface area contributed by atoms with E-state index < -0.39 is 6.10 Å². The van der Waals surface area contributed by atoms with Crippen LogP contribution in [-0.2, 0) is 22.6 Å². The fourth-order valence-corrected chi connectivity index (χ4v) is 5.61. The molecule has 0 fully saturated rings. The molecule has 1 aliphatic heterocycles. The Labute approximate surface area is 222 Å². The molecule has 2 aromatic carbocycles. The summed E-state index contributed by atoms with van der Waals surface area (Å²) in [5.41, 5.74) is 2.15. The standard InChI is InChI=1S/C29H35FN2O4S/c1-2-13-31(17-24(33)20-35-19-22-7-4-3-5-8-22)18-29(34)32-14-11-28-26(12-15-37-28)27(32)21-36-25-10-6-9-23(30)16-25/h3-10,12,15-16,24,27,33H,2,11,13-14,17-21H2,1H3/t24-,27+/m0/s1. The van der Waals surface area contributed by atoms with Gasteiger partial charge in [0.1, 0.15) is 18.2 Å². The highest BCUT2D eigenvalue weighted by atomic mass is 32.1. The average molecular weight is 527 g/mol. The number of halogens is 1. The zero-order valence-corrected chi connectivity index (χ0v) is 22.0. The molecule has 6 nitrogen and oxygen atoms in total. The number of rotatable bonds is 13. The van der Waals surface area contributed by atoms with Crippen molar-refractivity contribution >= 4 is 17.2 Å². The monoisotopic (exact) mass is 526 g/mol. The molecule has 0 bridgehead atoms. The summed E-state index contributed by atoms with van der Waals surface area (Å²) in [6, 6.07) is 17.7. The van der Waals surface area contributed by atoms with Crippen molar-refractivity contribution in [2.75, 3.05) is 39.4 Å². The summed E-state index contributed by atoms with van der Waals surface area (Å²) < 4.78 is 25.3. The van der Waals surface area contributed by atoms with Crippen LogP contribution >= 0.6 is 11.3 Å². The number of aliphatic hydroxyl groups is 1. The zero-order valence-electron chi connectivity index (χ0n) is 21.2. The number of amides is 1. The quantitative estimate of drug-likeness (QED) is 0.350. The Morgan fingerprint density at radius 2 is 2.05 bits per heavy atom. The van der Waals surface area contributed by atoms with Gasteiger partial charge in [-0.25, -0.2) is 4.39 Å². The summed E-state index contributed by atoms with van der Waals surface area (Å²) in [6.45, 7) is 4.82. The number of fused-ring (bicyclic) bond motifs is 1. The van der Waals surface area contributed by atoms with Gasteiger partial charge in [0.25, 0.3) is 0 Å². The fourth-order valence-electron chi connectivity index (χ4n) is 4.68. The van der Waals surface area contributed by atoms with Crippen LogP contribution in [0.1, 0.15) is 35.4 Å². The Hall–Kier alpha value is -2.78. The highest BCUT2D eigenvalue weighted by Gasteiger charge is 2.33. The molecule has 1 aliphatic rings. The second-order valence-corrected chi connectivity index (χ2v) is 10.3. The first-order chi connectivity index (χ1) is 18.0. The molecule has 1 amide bonds. The summed E-state index contributed by atoms with van der Waals surface area (Å²) in [6.07, 6.45) is 0.977. The predicted molar refractivity (Wildman–Crippen MR) is 143 cm³/mol. The number of aliphatic hydroxyl groups excluding tert-OH is 1. The molecule has 1 N–H and O–H groups in total. The van der Waals surface area contributed by atoms with E-state index in [2.05, 4.69) is 13.0 Å². The van der Waals surface area contributed by atoms with Crippen molar-refractivity contribution in [2.24, 2.45) is 0 Å². The van der Waals surface area contributed by atoms with Gasteiger partial charge >= 0.3 is 0 Å². The van der Waals surface area contributed by atoms with Crippen molar-refractivity contribution in [3.8, 4) is 5.75 Å². The topological polar surface area (TPSA) is 62.2 Å². The maximum Gasteiger partial charge on any atom is 0.237 e. The molecule has 198 valence electrons. The van der Waals surface area contributed by atoms with Crippen LogP contribution in [0.15, 0.2) is 66.0 Å². The van der Waals surface area contributed by atoms with Gasteiger partial charge in [-0.2, -0.15) is 0 Å². The van der Waals surface area contributed by atoms with Gasteiger partial charge in [0.15, 0.2) is 0 Å². The molecule has 0 spiro atoms. The molecule has 0 radical (unpaired) electrons. The Kier molecular flexibility index (Phi) is 10.1. The van der Waals surface area contributed by atoms with Crippen molar-refractivity contribution < 1.29 is 23.8 Å². The number of thiophene rings is 1. The normalized spacial score (nSPS) is 16.0. The summed E-state index contributed by atoms with van der Waals surface area (Å²) in [5, 5.41) is 12.6. The van der Waals surface area contributed by atoms with Crippen LogP contribution in [0.4, 0.5) is 4.39 Å². The van der Waals surface area contributed by atoms with E-state index in [1.54, 1.807) is 23.5 Å². The molecule has 0 saturated heterocycles. The van der Waals surface area contributed by atoms with E-state index in [1.165, 1.54) is 17.0 Å². The fraction of sp³-hybridized carbons (Fsp3) is 0.414. The molecule has 8 heteroatoms. The van der Waals surface area contributed by atoms with Gasteiger partial charge in [0.2, 0.25) is 5.91 Å². The van der Waals surface area contributed by atoms with Crippen LogP contribution in [0, 0.1) is 5.82 Å². The number of hydrogen-bond donors (Lipinski definition) is 1. The highest BCUT2D eigenvalue weighted by Crippen LogP contribution is 2.34. The molecule has 3 aromatic rings. The lowest BCUT2D eigenvalue weighted by atomic mass is 10.0. The second kappa shape index (κ2) is 13.7. The van der Waals surface area contributed by atoms with Gasteiger partial charge in [-0.3, -0.25) is 9.69 Å². The molecular weight excluding hydrogens is 491 g/mol. The third kappa shape index (κ3) is 7.85. The van der Waals surface area contributed by atoms with E-state index in [0.717, 1.165) is 24.0 Å². The number of hydrogen-bond acceptors (Lipinski definition) is 6. The van der Waals surface area contributed by atoms with E-state index in [4.69, 9.17) is 9.47 Å². The summed E-state index contributed by atoms with van der Waals surface area (Å²) in [7, 11) is 0. The first kappa shape index (κ1) is 27.3. The average Bonchev–Trinajstić information content (AvgIpc) is 3.37. The van der Waals surface area contributed by atoms with E-state index in [9.17, 15) is 14.3 Å². The lowest BCUT2D eigenvalue weighted by Gasteiger charge is -2.37. The molecular formula is C29H35FN2O4S. The lowest BCUT2D eigenvalue weighted by molar-refractivity contribution is -0.136. The second-order valence-electron chi connectivity index (χ2n) is 9.31. The van der Waals surface area contributed by atoms with Crippen LogP contribution in [0.2, 0.25) is 0 Å². The van der Waals surface area contributed by atoms with Crippen molar-refractivity contribution in [3.63, 3.8) is 0 Å². The van der Waals surface area contributed by atoms with E-state index in [0.29, 0.717) is 32.0 Å². The number of carbonyl (C=O) groups is 1. The molecule has 0 saturated carbocycles. The number of carbonyl (C=O) groups excluding carboxylic acids is 1. The van der Waals surface area contributed by atoms with Gasteiger partial charge in [-0.1, -0.05) is 43.3 Å². The molecule has 2 heterocycles. The minimum absolute atomic E-state index is 0.00412. The largest absolute Gasteiger partial charge is 0.491 e.